The van der Waals surface area contributed by atoms with Gasteiger partial charge in [-0.3, -0.25) is 4.57 Å². The average Bonchev–Trinajstić information content (AvgIpc) is 3.42. The number of terminal acetylenes is 1. The number of hydrogen-bond donors (Lipinski definition) is 1. The molecule has 1 N–H and O–H groups in total. The Balaban J connectivity index is 1.63. The Morgan fingerprint density at radius 1 is 1.10 bits per heavy atom. The molecular weight excluding hydrogens is 378 g/mol. The fourth-order valence-electron chi connectivity index (χ4n) is 3.40. The van der Waals surface area contributed by atoms with Gasteiger partial charge in [-0.15, -0.1) is 22.5 Å². The summed E-state index contributed by atoms with van der Waals surface area (Å²) in [6.07, 6.45) is 6.51. The van der Waals surface area contributed by atoms with Crippen LogP contribution >= 0.6 is 0 Å². The molecule has 0 aliphatic carbocycles. The number of aromatic amines is 1. The highest BCUT2D eigenvalue weighted by Crippen LogP contribution is 2.29. The van der Waals surface area contributed by atoms with Gasteiger partial charge in [0.05, 0.1) is 6.54 Å². The molecule has 2 heterocycles. The van der Waals surface area contributed by atoms with Crippen LogP contribution in [0.3, 0.4) is 0 Å². The van der Waals surface area contributed by atoms with Crippen molar-refractivity contribution in [1.82, 2.24) is 35.0 Å². The lowest BCUT2D eigenvalue weighted by Gasteiger charge is -2.09. The molecule has 0 fully saturated rings. The van der Waals surface area contributed by atoms with Crippen molar-refractivity contribution in [3.8, 4) is 34.9 Å². The number of aromatic nitrogens is 7. The number of benzene rings is 2. The number of aryl methyl sites for hydroxylation is 2. The third-order valence-corrected chi connectivity index (χ3v) is 4.91. The average molecular weight is 399 g/mol. The minimum atomic E-state index is -0.115. The van der Waals surface area contributed by atoms with Gasteiger partial charge in [0, 0.05) is 24.9 Å². The summed E-state index contributed by atoms with van der Waals surface area (Å²) in [7, 11) is 0. The van der Waals surface area contributed by atoms with Crippen molar-refractivity contribution in [3.05, 3.63) is 70.4 Å². The molecule has 30 heavy (non-hydrogen) atoms. The van der Waals surface area contributed by atoms with Crippen LogP contribution in [0, 0.1) is 12.3 Å². The SMILES string of the molecule is C#CCCc1nn(CC)c(=O)n1Cc1ccc(-c2ccccc2-c2nn[nH]n2)cc1. The van der Waals surface area contributed by atoms with Gasteiger partial charge in [0.1, 0.15) is 5.82 Å². The second-order valence-corrected chi connectivity index (χ2v) is 6.78. The summed E-state index contributed by atoms with van der Waals surface area (Å²) in [6, 6.07) is 16.0. The fraction of sp³-hybridized carbons (Fsp3) is 0.227. The van der Waals surface area contributed by atoms with E-state index in [0.717, 1.165) is 22.3 Å². The number of H-pyrrole nitrogens is 1. The van der Waals surface area contributed by atoms with E-state index in [-0.39, 0.29) is 5.69 Å². The number of nitrogens with zero attached hydrogens (tertiary/aromatic N) is 6. The molecule has 0 unspecified atom stereocenters. The lowest BCUT2D eigenvalue weighted by Crippen LogP contribution is -2.25. The molecule has 0 amide bonds. The van der Waals surface area contributed by atoms with E-state index in [9.17, 15) is 4.79 Å². The van der Waals surface area contributed by atoms with Crippen molar-refractivity contribution in [2.75, 3.05) is 0 Å². The van der Waals surface area contributed by atoms with Crippen LogP contribution in [0.1, 0.15) is 24.7 Å². The summed E-state index contributed by atoms with van der Waals surface area (Å²) in [6.45, 7) is 2.88. The van der Waals surface area contributed by atoms with E-state index < -0.39 is 0 Å². The normalized spacial score (nSPS) is 10.8. The highest BCUT2D eigenvalue weighted by atomic mass is 16.2. The third kappa shape index (κ3) is 3.78. The maximum absolute atomic E-state index is 12.6. The molecule has 8 heteroatoms. The summed E-state index contributed by atoms with van der Waals surface area (Å²) in [5.74, 6) is 3.88. The van der Waals surface area contributed by atoms with Gasteiger partial charge in [-0.05, 0) is 28.8 Å². The number of hydrogen-bond acceptors (Lipinski definition) is 5. The van der Waals surface area contributed by atoms with E-state index >= 15 is 0 Å². The molecule has 4 aromatic rings. The van der Waals surface area contributed by atoms with Crippen LogP contribution in [-0.2, 0) is 19.5 Å². The van der Waals surface area contributed by atoms with E-state index in [2.05, 4.69) is 31.6 Å². The molecule has 0 radical (unpaired) electrons. The van der Waals surface area contributed by atoms with Crippen LogP contribution in [0.5, 0.6) is 0 Å². The van der Waals surface area contributed by atoms with Gasteiger partial charge >= 0.3 is 5.69 Å². The van der Waals surface area contributed by atoms with E-state index in [1.807, 2.05) is 55.5 Å². The van der Waals surface area contributed by atoms with Crippen molar-refractivity contribution in [2.45, 2.75) is 32.9 Å². The van der Waals surface area contributed by atoms with Gasteiger partial charge in [0.15, 0.2) is 0 Å². The highest BCUT2D eigenvalue weighted by Gasteiger charge is 2.14. The zero-order valence-electron chi connectivity index (χ0n) is 16.6. The predicted molar refractivity (Wildman–Crippen MR) is 113 cm³/mol. The molecule has 150 valence electrons. The molecule has 0 aliphatic heterocycles. The van der Waals surface area contributed by atoms with Gasteiger partial charge in [-0.2, -0.15) is 10.3 Å². The summed E-state index contributed by atoms with van der Waals surface area (Å²) in [4.78, 5) is 12.6. The molecule has 0 saturated carbocycles. The van der Waals surface area contributed by atoms with Crippen molar-refractivity contribution in [1.29, 1.82) is 0 Å². The molecule has 0 spiro atoms. The minimum absolute atomic E-state index is 0.115. The molecule has 0 saturated heterocycles. The van der Waals surface area contributed by atoms with Crippen LogP contribution in [-0.4, -0.2) is 35.0 Å². The van der Waals surface area contributed by atoms with E-state index in [0.29, 0.717) is 37.6 Å². The van der Waals surface area contributed by atoms with Gasteiger partial charge in [0.25, 0.3) is 0 Å². The number of nitrogens with one attached hydrogen (secondary N) is 1. The Labute approximate surface area is 173 Å². The van der Waals surface area contributed by atoms with E-state index in [1.54, 1.807) is 4.57 Å². The van der Waals surface area contributed by atoms with Crippen molar-refractivity contribution >= 4 is 0 Å². The van der Waals surface area contributed by atoms with E-state index in [4.69, 9.17) is 6.42 Å². The molecule has 2 aromatic carbocycles. The molecule has 8 nitrogen and oxygen atoms in total. The maximum atomic E-state index is 12.6. The lowest BCUT2D eigenvalue weighted by molar-refractivity contribution is 0.615. The zero-order chi connectivity index (χ0) is 20.9. The smallest absolute Gasteiger partial charge is 0.274 e. The maximum Gasteiger partial charge on any atom is 0.346 e. The summed E-state index contributed by atoms with van der Waals surface area (Å²) < 4.78 is 3.17. The first kappa shape index (κ1) is 19.3. The molecular formula is C22H21N7O. The lowest BCUT2D eigenvalue weighted by atomic mass is 9.98. The van der Waals surface area contributed by atoms with E-state index in [1.165, 1.54) is 4.68 Å². The molecule has 0 bridgehead atoms. The van der Waals surface area contributed by atoms with Crippen LogP contribution in [0.15, 0.2) is 53.3 Å². The first-order chi connectivity index (χ1) is 14.7. The molecule has 0 aliphatic rings. The molecule has 0 atom stereocenters. The Bertz CT molecular complexity index is 1230. The van der Waals surface area contributed by atoms with Crippen LogP contribution in [0.2, 0.25) is 0 Å². The fourth-order valence-corrected chi connectivity index (χ4v) is 3.40. The standard InChI is InChI=1S/C22H21N7O/c1-3-5-10-20-25-29(4-2)22(30)28(20)15-16-11-13-17(14-12-16)18-8-6-7-9-19(18)21-23-26-27-24-21/h1,6-9,11-14H,4-5,10,15H2,2H3,(H,23,24,26,27). The van der Waals surface area contributed by atoms with Gasteiger partial charge in [0.2, 0.25) is 5.82 Å². The Morgan fingerprint density at radius 3 is 2.53 bits per heavy atom. The molecule has 2 aromatic heterocycles. The topological polar surface area (TPSA) is 94.3 Å². The quantitative estimate of drug-likeness (QED) is 0.482. The predicted octanol–water partition coefficient (Wildman–Crippen LogP) is 2.53. The number of tetrazole rings is 1. The Morgan fingerprint density at radius 2 is 1.87 bits per heavy atom. The summed E-state index contributed by atoms with van der Waals surface area (Å²) in [5, 5.41) is 18.7. The van der Waals surface area contributed by atoms with Gasteiger partial charge in [-0.1, -0.05) is 48.5 Å². The summed E-state index contributed by atoms with van der Waals surface area (Å²) >= 11 is 0. The van der Waals surface area contributed by atoms with Gasteiger partial charge < -0.3 is 0 Å². The largest absolute Gasteiger partial charge is 0.346 e. The van der Waals surface area contributed by atoms with Crippen LogP contribution in [0.4, 0.5) is 0 Å². The minimum Gasteiger partial charge on any atom is -0.274 e. The Hall–Kier alpha value is -3.99. The Kier molecular flexibility index (Phi) is 5.52. The summed E-state index contributed by atoms with van der Waals surface area (Å²) in [5.41, 5.74) is 3.84. The monoisotopic (exact) mass is 399 g/mol. The van der Waals surface area contributed by atoms with Crippen molar-refractivity contribution in [3.63, 3.8) is 0 Å². The first-order valence-electron chi connectivity index (χ1n) is 9.73. The van der Waals surface area contributed by atoms with Gasteiger partial charge in [-0.25, -0.2) is 9.48 Å². The third-order valence-electron chi connectivity index (χ3n) is 4.91. The zero-order valence-corrected chi connectivity index (χ0v) is 16.6. The first-order valence-corrected chi connectivity index (χ1v) is 9.73. The molecule has 4 rings (SSSR count). The second kappa shape index (κ2) is 8.57. The highest BCUT2D eigenvalue weighted by molar-refractivity contribution is 5.80. The van der Waals surface area contributed by atoms with Crippen LogP contribution in [0.25, 0.3) is 22.5 Å². The number of rotatable bonds is 7. The second-order valence-electron chi connectivity index (χ2n) is 6.78. The van der Waals surface area contributed by atoms with Crippen molar-refractivity contribution in [2.24, 2.45) is 0 Å². The van der Waals surface area contributed by atoms with Crippen molar-refractivity contribution < 1.29 is 0 Å². The van der Waals surface area contributed by atoms with Crippen LogP contribution < -0.4 is 5.69 Å².